The van der Waals surface area contributed by atoms with E-state index in [1.54, 1.807) is 47.0 Å². The molecule has 0 bridgehead atoms. The van der Waals surface area contributed by atoms with Crippen molar-refractivity contribution in [3.63, 3.8) is 0 Å². The number of nitrogens with zero attached hydrogens (tertiary/aromatic N) is 1. The molecule has 0 saturated heterocycles. The summed E-state index contributed by atoms with van der Waals surface area (Å²) in [5.74, 6) is -0.430. The van der Waals surface area contributed by atoms with E-state index in [9.17, 15) is 9.59 Å². The Morgan fingerprint density at radius 1 is 1.04 bits per heavy atom. The quantitative estimate of drug-likeness (QED) is 0.629. The average Bonchev–Trinajstić information content (AvgIpc) is 3.36. The normalized spacial score (nSPS) is 12.0. The minimum atomic E-state index is -0.221. The highest BCUT2D eigenvalue weighted by molar-refractivity contribution is 7.10. The van der Waals surface area contributed by atoms with Crippen LogP contribution in [0.3, 0.4) is 0 Å². The van der Waals surface area contributed by atoms with Gasteiger partial charge in [-0.05, 0) is 49.1 Å². The molecular weight excluding hydrogens is 378 g/mol. The zero-order valence-corrected chi connectivity index (χ0v) is 16.8. The smallest absolute Gasteiger partial charge is 0.256 e. The molecule has 0 aliphatic rings. The first-order valence-electron chi connectivity index (χ1n) is 8.47. The lowest BCUT2D eigenvalue weighted by Crippen LogP contribution is -2.34. The van der Waals surface area contributed by atoms with Gasteiger partial charge in [-0.1, -0.05) is 18.2 Å². The summed E-state index contributed by atoms with van der Waals surface area (Å²) >= 11 is 3.13. The van der Waals surface area contributed by atoms with Crippen LogP contribution in [0.1, 0.15) is 31.6 Å². The number of hydrogen-bond acceptors (Lipinski definition) is 5. The lowest BCUT2D eigenvalue weighted by atomic mass is 10.1. The van der Waals surface area contributed by atoms with E-state index in [-0.39, 0.29) is 17.9 Å². The highest BCUT2D eigenvalue weighted by Crippen LogP contribution is 2.23. The van der Waals surface area contributed by atoms with E-state index in [0.717, 1.165) is 0 Å². The standard InChI is InChI=1S/C20H21N3O2S2/c1-23(2)17(18-8-5-10-27-18)12-21-20(25)15-6-3-4-7-16(15)22-19(24)14-9-11-26-13-14/h3-11,13,17H,12H2,1-2H3,(H,21,25)(H,22,24). The van der Waals surface area contributed by atoms with Crippen LogP contribution < -0.4 is 10.6 Å². The molecule has 2 aromatic heterocycles. The molecule has 0 spiro atoms. The third-order valence-electron chi connectivity index (χ3n) is 4.15. The van der Waals surface area contributed by atoms with E-state index < -0.39 is 0 Å². The van der Waals surface area contributed by atoms with Crippen molar-refractivity contribution in [3.8, 4) is 0 Å². The number of amides is 2. The fourth-order valence-corrected chi connectivity index (χ4v) is 4.24. The first kappa shape index (κ1) is 19.3. The molecule has 1 unspecified atom stereocenters. The minimum absolute atomic E-state index is 0.0986. The summed E-state index contributed by atoms with van der Waals surface area (Å²) < 4.78 is 0. The van der Waals surface area contributed by atoms with E-state index in [4.69, 9.17) is 0 Å². The molecule has 2 amide bonds. The van der Waals surface area contributed by atoms with Crippen molar-refractivity contribution in [1.82, 2.24) is 10.2 Å². The monoisotopic (exact) mass is 399 g/mol. The second-order valence-electron chi connectivity index (χ2n) is 6.22. The molecule has 2 heterocycles. The minimum Gasteiger partial charge on any atom is -0.350 e. The number of benzene rings is 1. The van der Waals surface area contributed by atoms with Gasteiger partial charge in [-0.3, -0.25) is 9.59 Å². The fourth-order valence-electron chi connectivity index (χ4n) is 2.68. The largest absolute Gasteiger partial charge is 0.350 e. The summed E-state index contributed by atoms with van der Waals surface area (Å²) in [6, 6.07) is 13.0. The van der Waals surface area contributed by atoms with Crippen molar-refractivity contribution < 1.29 is 9.59 Å². The molecule has 0 aliphatic heterocycles. The number of likely N-dealkylation sites (N-methyl/N-ethyl adjacent to an activating group) is 1. The Morgan fingerprint density at radius 3 is 2.52 bits per heavy atom. The number of thiophene rings is 2. The number of rotatable bonds is 7. The molecule has 7 heteroatoms. The lowest BCUT2D eigenvalue weighted by molar-refractivity contribution is 0.0943. The summed E-state index contributed by atoms with van der Waals surface area (Å²) in [6.07, 6.45) is 0. The Kier molecular flexibility index (Phi) is 6.39. The second-order valence-corrected chi connectivity index (χ2v) is 7.98. The summed E-state index contributed by atoms with van der Waals surface area (Å²) in [5.41, 5.74) is 1.54. The van der Waals surface area contributed by atoms with Crippen LogP contribution in [-0.2, 0) is 0 Å². The van der Waals surface area contributed by atoms with Crippen LogP contribution in [0.15, 0.2) is 58.6 Å². The third-order valence-corrected chi connectivity index (χ3v) is 5.81. The van der Waals surface area contributed by atoms with Crippen LogP contribution >= 0.6 is 22.7 Å². The Hall–Kier alpha value is -2.48. The van der Waals surface area contributed by atoms with E-state index in [2.05, 4.69) is 21.6 Å². The van der Waals surface area contributed by atoms with Gasteiger partial charge in [0.15, 0.2) is 0 Å². The van der Waals surface area contributed by atoms with Crippen molar-refractivity contribution in [2.24, 2.45) is 0 Å². The predicted molar refractivity (Wildman–Crippen MR) is 112 cm³/mol. The molecule has 5 nitrogen and oxygen atoms in total. The molecular formula is C20H21N3O2S2. The Labute approximate surface area is 166 Å². The molecule has 2 N–H and O–H groups in total. The maximum absolute atomic E-state index is 12.8. The van der Waals surface area contributed by atoms with E-state index in [1.165, 1.54) is 16.2 Å². The number of nitrogens with one attached hydrogen (secondary N) is 2. The summed E-state index contributed by atoms with van der Waals surface area (Å²) in [5, 5.41) is 11.5. The maximum Gasteiger partial charge on any atom is 0.256 e. The first-order chi connectivity index (χ1) is 13.1. The molecule has 3 rings (SSSR count). The molecule has 27 heavy (non-hydrogen) atoms. The summed E-state index contributed by atoms with van der Waals surface area (Å²) in [6.45, 7) is 0.485. The average molecular weight is 400 g/mol. The zero-order chi connectivity index (χ0) is 19.2. The number of para-hydroxylation sites is 1. The molecule has 3 aromatic rings. The van der Waals surface area contributed by atoms with Gasteiger partial charge in [0.2, 0.25) is 0 Å². The van der Waals surface area contributed by atoms with Gasteiger partial charge in [-0.2, -0.15) is 11.3 Å². The van der Waals surface area contributed by atoms with Crippen molar-refractivity contribution in [2.75, 3.05) is 26.0 Å². The zero-order valence-electron chi connectivity index (χ0n) is 15.1. The van der Waals surface area contributed by atoms with Gasteiger partial charge in [-0.15, -0.1) is 11.3 Å². The maximum atomic E-state index is 12.8. The van der Waals surface area contributed by atoms with Gasteiger partial charge in [0.1, 0.15) is 0 Å². The predicted octanol–water partition coefficient (Wildman–Crippen LogP) is 4.09. The highest BCUT2D eigenvalue weighted by atomic mass is 32.1. The van der Waals surface area contributed by atoms with E-state index in [1.807, 2.05) is 30.9 Å². The molecule has 0 aliphatic carbocycles. The van der Waals surface area contributed by atoms with Gasteiger partial charge in [0.25, 0.3) is 11.8 Å². The van der Waals surface area contributed by atoms with E-state index in [0.29, 0.717) is 23.4 Å². The van der Waals surface area contributed by atoms with Crippen molar-refractivity contribution in [2.45, 2.75) is 6.04 Å². The van der Waals surface area contributed by atoms with Gasteiger partial charge >= 0.3 is 0 Å². The first-order valence-corrected chi connectivity index (χ1v) is 10.3. The summed E-state index contributed by atoms with van der Waals surface area (Å²) in [4.78, 5) is 28.3. The number of anilines is 1. The van der Waals surface area contributed by atoms with Gasteiger partial charge in [-0.25, -0.2) is 0 Å². The lowest BCUT2D eigenvalue weighted by Gasteiger charge is -2.23. The van der Waals surface area contributed by atoms with Crippen molar-refractivity contribution >= 4 is 40.2 Å². The Morgan fingerprint density at radius 2 is 1.85 bits per heavy atom. The number of hydrogen-bond donors (Lipinski definition) is 2. The topological polar surface area (TPSA) is 61.4 Å². The van der Waals surface area contributed by atoms with Crippen LogP contribution in [-0.4, -0.2) is 37.4 Å². The van der Waals surface area contributed by atoms with Gasteiger partial charge in [0, 0.05) is 16.8 Å². The van der Waals surface area contributed by atoms with Gasteiger partial charge < -0.3 is 15.5 Å². The van der Waals surface area contributed by atoms with E-state index >= 15 is 0 Å². The van der Waals surface area contributed by atoms with Crippen LogP contribution in [0, 0.1) is 0 Å². The Bertz CT molecular complexity index is 890. The van der Waals surface area contributed by atoms with Crippen LogP contribution in [0.25, 0.3) is 0 Å². The van der Waals surface area contributed by atoms with Crippen LogP contribution in [0.4, 0.5) is 5.69 Å². The number of carbonyl (C=O) groups is 2. The molecule has 140 valence electrons. The highest BCUT2D eigenvalue weighted by Gasteiger charge is 2.19. The fraction of sp³-hybridized carbons (Fsp3) is 0.200. The number of carbonyl (C=O) groups excluding carboxylic acids is 2. The SMILES string of the molecule is CN(C)C(CNC(=O)c1ccccc1NC(=O)c1ccsc1)c1cccs1. The Balaban J connectivity index is 1.70. The molecule has 1 aromatic carbocycles. The summed E-state index contributed by atoms with van der Waals surface area (Å²) in [7, 11) is 3.98. The molecule has 0 fully saturated rings. The molecule has 0 radical (unpaired) electrons. The second kappa shape index (κ2) is 8.94. The van der Waals surface area contributed by atoms with Crippen LogP contribution in [0.2, 0.25) is 0 Å². The van der Waals surface area contributed by atoms with Crippen molar-refractivity contribution in [1.29, 1.82) is 0 Å². The molecule has 1 atom stereocenters. The van der Waals surface area contributed by atoms with Crippen LogP contribution in [0.5, 0.6) is 0 Å². The molecule has 0 saturated carbocycles. The third kappa shape index (κ3) is 4.82. The van der Waals surface area contributed by atoms with Gasteiger partial charge in [0.05, 0.1) is 22.9 Å². The van der Waals surface area contributed by atoms with Crippen molar-refractivity contribution in [3.05, 3.63) is 74.6 Å².